The van der Waals surface area contributed by atoms with Gasteiger partial charge in [0.15, 0.2) is 0 Å². The fourth-order valence-corrected chi connectivity index (χ4v) is 1.12. The highest BCUT2D eigenvalue weighted by atomic mass is 19.4. The zero-order valence-corrected chi connectivity index (χ0v) is 8.42. The second-order valence-electron chi connectivity index (χ2n) is 3.09. The molecule has 3 nitrogen and oxygen atoms in total. The molecule has 1 rings (SSSR count). The Morgan fingerprint density at radius 1 is 1.19 bits per heavy atom. The van der Waals surface area contributed by atoms with Crippen molar-refractivity contribution in [1.82, 2.24) is 5.32 Å². The summed E-state index contributed by atoms with van der Waals surface area (Å²) in [4.78, 5) is 0. The molecule has 0 aliphatic heterocycles. The van der Waals surface area contributed by atoms with Crippen molar-refractivity contribution in [3.63, 3.8) is 0 Å². The Morgan fingerprint density at radius 2 is 1.81 bits per heavy atom. The normalized spacial score (nSPS) is 11.5. The summed E-state index contributed by atoms with van der Waals surface area (Å²) in [5.74, 6) is -0.238. The fraction of sp³-hybridized carbons (Fsp3) is 0.400. The zero-order valence-electron chi connectivity index (χ0n) is 8.42. The smallest absolute Gasteiger partial charge is 0.406 e. The minimum absolute atomic E-state index is 0.0231. The summed E-state index contributed by atoms with van der Waals surface area (Å²) in [7, 11) is 0. The lowest BCUT2D eigenvalue weighted by molar-refractivity contribution is -0.274. The first-order valence-electron chi connectivity index (χ1n) is 4.67. The monoisotopic (exact) mass is 235 g/mol. The topological polar surface area (TPSA) is 41.5 Å². The molecule has 0 aromatic heterocycles. The highest BCUT2D eigenvalue weighted by molar-refractivity contribution is 5.27. The van der Waals surface area contributed by atoms with Gasteiger partial charge in [0.25, 0.3) is 0 Å². The van der Waals surface area contributed by atoms with Crippen LogP contribution in [0.5, 0.6) is 5.75 Å². The molecule has 0 saturated heterocycles. The van der Waals surface area contributed by atoms with E-state index in [0.717, 1.165) is 5.56 Å². The molecule has 0 fully saturated rings. The van der Waals surface area contributed by atoms with Gasteiger partial charge >= 0.3 is 6.36 Å². The highest BCUT2D eigenvalue weighted by Gasteiger charge is 2.30. The van der Waals surface area contributed by atoms with Crippen LogP contribution < -0.4 is 10.1 Å². The summed E-state index contributed by atoms with van der Waals surface area (Å²) in [5, 5.41) is 11.4. The van der Waals surface area contributed by atoms with Gasteiger partial charge in [-0.2, -0.15) is 0 Å². The number of aliphatic hydroxyl groups is 1. The Hall–Kier alpha value is -1.27. The van der Waals surface area contributed by atoms with Gasteiger partial charge in [0.1, 0.15) is 5.75 Å². The molecule has 0 heterocycles. The van der Waals surface area contributed by atoms with Gasteiger partial charge in [-0.3, -0.25) is 0 Å². The molecule has 0 atom stereocenters. The van der Waals surface area contributed by atoms with Crippen LogP contribution in [0.1, 0.15) is 5.56 Å². The molecule has 0 unspecified atom stereocenters. The van der Waals surface area contributed by atoms with E-state index in [1.807, 2.05) is 0 Å². The van der Waals surface area contributed by atoms with E-state index in [2.05, 4.69) is 10.1 Å². The summed E-state index contributed by atoms with van der Waals surface area (Å²) in [6.07, 6.45) is -4.66. The van der Waals surface area contributed by atoms with Crippen LogP contribution in [0.3, 0.4) is 0 Å². The fourth-order valence-electron chi connectivity index (χ4n) is 1.12. The van der Waals surface area contributed by atoms with E-state index in [4.69, 9.17) is 5.11 Å². The average Bonchev–Trinajstić information content (AvgIpc) is 2.19. The average molecular weight is 235 g/mol. The first kappa shape index (κ1) is 12.8. The first-order chi connectivity index (χ1) is 7.51. The van der Waals surface area contributed by atoms with Crippen molar-refractivity contribution in [3.8, 4) is 5.75 Å². The predicted molar refractivity (Wildman–Crippen MR) is 51.9 cm³/mol. The molecule has 0 amide bonds. The number of hydrogen-bond acceptors (Lipinski definition) is 3. The third-order valence-electron chi connectivity index (χ3n) is 1.77. The number of hydrogen-bond donors (Lipinski definition) is 2. The second-order valence-corrected chi connectivity index (χ2v) is 3.09. The van der Waals surface area contributed by atoms with Gasteiger partial charge in [0, 0.05) is 13.1 Å². The molecule has 2 N–H and O–H groups in total. The van der Waals surface area contributed by atoms with E-state index in [1.165, 1.54) is 24.3 Å². The van der Waals surface area contributed by atoms with Gasteiger partial charge in [0.05, 0.1) is 6.61 Å². The minimum atomic E-state index is -4.66. The van der Waals surface area contributed by atoms with Gasteiger partial charge in [-0.25, -0.2) is 0 Å². The number of ether oxygens (including phenoxy) is 1. The Bertz CT molecular complexity index is 311. The van der Waals surface area contributed by atoms with E-state index < -0.39 is 6.36 Å². The molecule has 1 aromatic rings. The second kappa shape index (κ2) is 5.72. The minimum Gasteiger partial charge on any atom is -0.406 e. The van der Waals surface area contributed by atoms with E-state index in [1.54, 1.807) is 0 Å². The van der Waals surface area contributed by atoms with Gasteiger partial charge in [0.2, 0.25) is 0 Å². The molecular formula is C10H12F3NO2. The number of rotatable bonds is 5. The maximum atomic E-state index is 11.8. The van der Waals surface area contributed by atoms with E-state index in [-0.39, 0.29) is 12.4 Å². The third-order valence-corrected chi connectivity index (χ3v) is 1.77. The van der Waals surface area contributed by atoms with Crippen molar-refractivity contribution in [2.45, 2.75) is 12.9 Å². The summed E-state index contributed by atoms with van der Waals surface area (Å²) in [6, 6.07) is 5.57. The van der Waals surface area contributed by atoms with Crippen LogP contribution in [-0.2, 0) is 6.54 Å². The number of alkyl halides is 3. The lowest BCUT2D eigenvalue weighted by Gasteiger charge is -2.09. The predicted octanol–water partition coefficient (Wildman–Crippen LogP) is 1.67. The maximum Gasteiger partial charge on any atom is 0.573 e. The number of aliphatic hydroxyl groups excluding tert-OH is 1. The number of nitrogens with one attached hydrogen (secondary N) is 1. The SMILES string of the molecule is OCCNCc1ccc(OC(F)(F)F)cc1. The third kappa shape index (κ3) is 4.99. The quantitative estimate of drug-likeness (QED) is 0.763. The molecule has 1 aromatic carbocycles. The van der Waals surface area contributed by atoms with Gasteiger partial charge < -0.3 is 15.2 Å². The van der Waals surface area contributed by atoms with Crippen molar-refractivity contribution in [1.29, 1.82) is 0 Å². The summed E-state index contributed by atoms with van der Waals surface area (Å²) in [5.41, 5.74) is 0.822. The van der Waals surface area contributed by atoms with Crippen LogP contribution in [0.25, 0.3) is 0 Å². The molecule has 0 saturated carbocycles. The van der Waals surface area contributed by atoms with E-state index >= 15 is 0 Å². The molecule has 0 aliphatic carbocycles. The van der Waals surface area contributed by atoms with Crippen molar-refractivity contribution >= 4 is 0 Å². The lowest BCUT2D eigenvalue weighted by Crippen LogP contribution is -2.18. The van der Waals surface area contributed by atoms with Crippen LogP contribution in [-0.4, -0.2) is 24.6 Å². The number of benzene rings is 1. The standard InChI is InChI=1S/C10H12F3NO2/c11-10(12,13)16-9-3-1-8(2-4-9)7-14-5-6-15/h1-4,14-15H,5-7H2. The summed E-state index contributed by atoms with van der Waals surface area (Å²) in [6.45, 7) is 0.961. The van der Waals surface area contributed by atoms with E-state index in [0.29, 0.717) is 13.1 Å². The number of halogens is 3. The molecule has 0 radical (unpaired) electrons. The first-order valence-corrected chi connectivity index (χ1v) is 4.67. The van der Waals surface area contributed by atoms with E-state index in [9.17, 15) is 13.2 Å². The van der Waals surface area contributed by atoms with Gasteiger partial charge in [-0.15, -0.1) is 13.2 Å². The largest absolute Gasteiger partial charge is 0.573 e. The van der Waals surface area contributed by atoms with Crippen LogP contribution in [0, 0.1) is 0 Å². The molecule has 0 bridgehead atoms. The lowest BCUT2D eigenvalue weighted by atomic mass is 10.2. The Balaban J connectivity index is 2.48. The maximum absolute atomic E-state index is 11.8. The van der Waals surface area contributed by atoms with Crippen molar-refractivity contribution in [2.75, 3.05) is 13.2 Å². The Labute approximate surface area is 90.8 Å². The molecule has 90 valence electrons. The molecular weight excluding hydrogens is 223 g/mol. The molecule has 0 aliphatic rings. The van der Waals surface area contributed by atoms with Crippen molar-refractivity contribution in [2.24, 2.45) is 0 Å². The summed E-state index contributed by atoms with van der Waals surface area (Å²) >= 11 is 0. The Morgan fingerprint density at radius 3 is 2.31 bits per heavy atom. The van der Waals surface area contributed by atoms with Crippen LogP contribution in [0.2, 0.25) is 0 Å². The summed E-state index contributed by atoms with van der Waals surface area (Å²) < 4.78 is 39.2. The zero-order chi connectivity index (χ0) is 12.0. The van der Waals surface area contributed by atoms with Gasteiger partial charge in [-0.05, 0) is 17.7 Å². The molecule has 0 spiro atoms. The van der Waals surface area contributed by atoms with Crippen molar-refractivity contribution < 1.29 is 23.0 Å². The van der Waals surface area contributed by atoms with Crippen LogP contribution >= 0.6 is 0 Å². The Kier molecular flexibility index (Phi) is 4.57. The molecule has 16 heavy (non-hydrogen) atoms. The van der Waals surface area contributed by atoms with Crippen molar-refractivity contribution in [3.05, 3.63) is 29.8 Å². The molecule has 6 heteroatoms. The van der Waals surface area contributed by atoms with Gasteiger partial charge in [-0.1, -0.05) is 12.1 Å². The van der Waals surface area contributed by atoms with Crippen LogP contribution in [0.4, 0.5) is 13.2 Å². The van der Waals surface area contributed by atoms with Crippen LogP contribution in [0.15, 0.2) is 24.3 Å². The highest BCUT2D eigenvalue weighted by Crippen LogP contribution is 2.22.